The molecule has 0 saturated carbocycles. The summed E-state index contributed by atoms with van der Waals surface area (Å²) in [5.41, 5.74) is 4.51. The highest BCUT2D eigenvalue weighted by Gasteiger charge is 2.34. The standard InChI is InChI=1S/C12H12F3NO/c1-2-3-4-7-17-11-6-5-9(16)8-10(11)12(13,14)15/h1,5-6,8H,3-4,7,16H2. The number of ether oxygens (including phenoxy) is 1. The van der Waals surface area contributed by atoms with Crippen molar-refractivity contribution < 1.29 is 17.9 Å². The number of terminal acetylenes is 1. The summed E-state index contributed by atoms with van der Waals surface area (Å²) in [7, 11) is 0. The first-order chi connectivity index (χ1) is 7.95. The smallest absolute Gasteiger partial charge is 0.420 e. The Kier molecular flexibility index (Phi) is 4.27. The second-order valence-electron chi connectivity index (χ2n) is 3.41. The SMILES string of the molecule is C#CCCCOc1ccc(N)cc1C(F)(F)F. The van der Waals surface area contributed by atoms with Crippen LogP contribution in [0.5, 0.6) is 5.75 Å². The molecule has 2 nitrogen and oxygen atoms in total. The lowest BCUT2D eigenvalue weighted by molar-refractivity contribution is -0.138. The van der Waals surface area contributed by atoms with Crippen molar-refractivity contribution in [2.24, 2.45) is 0 Å². The minimum absolute atomic E-state index is 0.0494. The topological polar surface area (TPSA) is 35.2 Å². The third-order valence-electron chi connectivity index (χ3n) is 2.03. The molecule has 0 unspecified atom stereocenters. The fourth-order valence-electron chi connectivity index (χ4n) is 1.25. The van der Waals surface area contributed by atoms with Crippen molar-refractivity contribution in [3.05, 3.63) is 23.8 Å². The summed E-state index contributed by atoms with van der Waals surface area (Å²) < 4.78 is 43.0. The van der Waals surface area contributed by atoms with E-state index < -0.39 is 11.7 Å². The molecule has 0 aromatic heterocycles. The van der Waals surface area contributed by atoms with Crippen LogP contribution in [0.25, 0.3) is 0 Å². The van der Waals surface area contributed by atoms with E-state index in [9.17, 15) is 13.2 Å². The Bertz CT molecular complexity index is 421. The second-order valence-corrected chi connectivity index (χ2v) is 3.41. The normalized spacial score (nSPS) is 10.9. The highest BCUT2D eigenvalue weighted by molar-refractivity contribution is 5.49. The average molecular weight is 243 g/mol. The largest absolute Gasteiger partial charge is 0.493 e. The van der Waals surface area contributed by atoms with E-state index in [4.69, 9.17) is 16.9 Å². The Morgan fingerprint density at radius 3 is 2.65 bits per heavy atom. The van der Waals surface area contributed by atoms with Crippen LogP contribution in [0.1, 0.15) is 18.4 Å². The summed E-state index contributed by atoms with van der Waals surface area (Å²) in [6.45, 7) is 0.150. The van der Waals surface area contributed by atoms with Crippen LogP contribution in [0, 0.1) is 12.3 Å². The number of rotatable bonds is 4. The van der Waals surface area contributed by atoms with E-state index >= 15 is 0 Å². The van der Waals surface area contributed by atoms with E-state index in [0.717, 1.165) is 6.07 Å². The number of nitrogen functional groups attached to an aromatic ring is 1. The summed E-state index contributed by atoms with van der Waals surface area (Å²) in [6, 6.07) is 3.44. The predicted octanol–water partition coefficient (Wildman–Crippen LogP) is 3.08. The van der Waals surface area contributed by atoms with Crippen LogP contribution in [-0.4, -0.2) is 6.61 Å². The zero-order valence-corrected chi connectivity index (χ0v) is 9.05. The number of anilines is 1. The molecule has 0 saturated heterocycles. The van der Waals surface area contributed by atoms with Gasteiger partial charge in [0.05, 0.1) is 12.2 Å². The molecule has 1 aromatic carbocycles. The van der Waals surface area contributed by atoms with E-state index in [0.29, 0.717) is 12.8 Å². The third-order valence-corrected chi connectivity index (χ3v) is 2.03. The molecule has 1 rings (SSSR count). The van der Waals surface area contributed by atoms with Crippen molar-refractivity contribution >= 4 is 5.69 Å². The van der Waals surface area contributed by atoms with E-state index in [2.05, 4.69) is 5.92 Å². The molecule has 0 aliphatic heterocycles. The van der Waals surface area contributed by atoms with Gasteiger partial charge in [-0.2, -0.15) is 13.2 Å². The Morgan fingerprint density at radius 2 is 2.06 bits per heavy atom. The third kappa shape index (κ3) is 3.91. The molecule has 0 amide bonds. The molecule has 17 heavy (non-hydrogen) atoms. The van der Waals surface area contributed by atoms with Gasteiger partial charge in [-0.05, 0) is 24.6 Å². The van der Waals surface area contributed by atoms with Gasteiger partial charge in [0.25, 0.3) is 0 Å². The van der Waals surface area contributed by atoms with Crippen LogP contribution >= 0.6 is 0 Å². The molecule has 1 aromatic rings. The maximum Gasteiger partial charge on any atom is 0.420 e. The van der Waals surface area contributed by atoms with Gasteiger partial charge < -0.3 is 10.5 Å². The first-order valence-corrected chi connectivity index (χ1v) is 4.98. The van der Waals surface area contributed by atoms with Crippen LogP contribution in [0.4, 0.5) is 18.9 Å². The van der Waals surface area contributed by atoms with Gasteiger partial charge in [-0.15, -0.1) is 12.3 Å². The fourth-order valence-corrected chi connectivity index (χ4v) is 1.25. The molecule has 0 heterocycles. The second kappa shape index (κ2) is 5.48. The van der Waals surface area contributed by atoms with E-state index in [1.165, 1.54) is 12.1 Å². The lowest BCUT2D eigenvalue weighted by atomic mass is 10.1. The molecule has 0 aliphatic carbocycles. The molecule has 0 aliphatic rings. The van der Waals surface area contributed by atoms with Crippen molar-refractivity contribution in [1.29, 1.82) is 0 Å². The van der Waals surface area contributed by atoms with Gasteiger partial charge >= 0.3 is 6.18 Å². The molecule has 0 radical (unpaired) electrons. The fraction of sp³-hybridized carbons (Fsp3) is 0.333. The number of halogens is 3. The van der Waals surface area contributed by atoms with Gasteiger partial charge in [-0.25, -0.2) is 0 Å². The van der Waals surface area contributed by atoms with Crippen LogP contribution < -0.4 is 10.5 Å². The van der Waals surface area contributed by atoms with Crippen LogP contribution in [0.15, 0.2) is 18.2 Å². The lowest BCUT2D eigenvalue weighted by Gasteiger charge is -2.14. The van der Waals surface area contributed by atoms with E-state index in [1.54, 1.807) is 0 Å². The number of hydrogen-bond donors (Lipinski definition) is 1. The van der Waals surface area contributed by atoms with Crippen LogP contribution in [0.3, 0.4) is 0 Å². The molecule has 0 bridgehead atoms. The summed E-state index contributed by atoms with van der Waals surface area (Å²) in [4.78, 5) is 0. The van der Waals surface area contributed by atoms with Crippen LogP contribution in [0.2, 0.25) is 0 Å². The van der Waals surface area contributed by atoms with Crippen LogP contribution in [-0.2, 0) is 6.18 Å². The van der Waals surface area contributed by atoms with Crippen molar-refractivity contribution in [2.75, 3.05) is 12.3 Å². The van der Waals surface area contributed by atoms with Gasteiger partial charge in [0.2, 0.25) is 0 Å². The number of benzene rings is 1. The molecule has 5 heteroatoms. The summed E-state index contributed by atoms with van der Waals surface area (Å²) in [5.74, 6) is 2.17. The molecule has 0 atom stereocenters. The Labute approximate surface area is 97.6 Å². The average Bonchev–Trinajstić information content (AvgIpc) is 2.25. The minimum Gasteiger partial charge on any atom is -0.493 e. The zero-order chi connectivity index (χ0) is 12.9. The van der Waals surface area contributed by atoms with Crippen molar-refractivity contribution in [2.45, 2.75) is 19.0 Å². The molecular weight excluding hydrogens is 231 g/mol. The zero-order valence-electron chi connectivity index (χ0n) is 9.05. The summed E-state index contributed by atoms with van der Waals surface area (Å²) in [5, 5.41) is 0. The van der Waals surface area contributed by atoms with Gasteiger partial charge in [-0.3, -0.25) is 0 Å². The van der Waals surface area contributed by atoms with Gasteiger partial charge in [-0.1, -0.05) is 0 Å². The Hall–Kier alpha value is -1.83. The minimum atomic E-state index is -4.48. The molecule has 2 N–H and O–H groups in total. The van der Waals surface area contributed by atoms with Gasteiger partial charge in [0, 0.05) is 12.1 Å². The van der Waals surface area contributed by atoms with Crippen molar-refractivity contribution in [3.63, 3.8) is 0 Å². The molecule has 92 valence electrons. The van der Waals surface area contributed by atoms with Gasteiger partial charge in [0.1, 0.15) is 5.75 Å². The highest BCUT2D eigenvalue weighted by Crippen LogP contribution is 2.37. The first-order valence-electron chi connectivity index (χ1n) is 4.98. The first kappa shape index (κ1) is 13.2. The maximum absolute atomic E-state index is 12.6. The summed E-state index contributed by atoms with van der Waals surface area (Å²) >= 11 is 0. The van der Waals surface area contributed by atoms with E-state index in [-0.39, 0.29) is 18.0 Å². The lowest BCUT2D eigenvalue weighted by Crippen LogP contribution is -2.10. The highest BCUT2D eigenvalue weighted by atomic mass is 19.4. The predicted molar refractivity (Wildman–Crippen MR) is 59.4 cm³/mol. The number of hydrogen-bond acceptors (Lipinski definition) is 2. The van der Waals surface area contributed by atoms with E-state index in [1.807, 2.05) is 0 Å². The molecule has 0 spiro atoms. The summed E-state index contributed by atoms with van der Waals surface area (Å²) in [6.07, 6.45) is 1.53. The monoisotopic (exact) mass is 243 g/mol. The number of alkyl halides is 3. The Balaban J connectivity index is 2.81. The maximum atomic E-state index is 12.6. The number of unbranched alkanes of at least 4 members (excludes halogenated alkanes) is 1. The van der Waals surface area contributed by atoms with Crippen molar-refractivity contribution in [1.82, 2.24) is 0 Å². The molecule has 0 fully saturated rings. The quantitative estimate of drug-likeness (QED) is 0.501. The molecular formula is C12H12F3NO. The van der Waals surface area contributed by atoms with Crippen molar-refractivity contribution in [3.8, 4) is 18.1 Å². The Morgan fingerprint density at radius 1 is 1.35 bits per heavy atom. The number of nitrogens with two attached hydrogens (primary N) is 1. The van der Waals surface area contributed by atoms with Gasteiger partial charge in [0.15, 0.2) is 0 Å².